The molecule has 2 fully saturated rings. The molecular weight excluding hydrogens is 386 g/mol. The highest BCUT2D eigenvalue weighted by atomic mass is 19.3. The third kappa shape index (κ3) is 3.99. The Labute approximate surface area is 165 Å². The minimum atomic E-state index is -2.98. The summed E-state index contributed by atoms with van der Waals surface area (Å²) in [5, 5.41) is 14.5. The summed E-state index contributed by atoms with van der Waals surface area (Å²) in [6, 6.07) is 6.67. The first-order valence-electron chi connectivity index (χ1n) is 9.11. The first-order valence-corrected chi connectivity index (χ1v) is 9.11. The van der Waals surface area contributed by atoms with Gasteiger partial charge in [-0.05, 0) is 50.3 Å². The number of halogens is 2. The number of amides is 4. The quantitative estimate of drug-likeness (QED) is 0.702. The summed E-state index contributed by atoms with van der Waals surface area (Å²) in [7, 11) is 0. The average Bonchev–Trinajstić information content (AvgIpc) is 3.21. The van der Waals surface area contributed by atoms with Crippen LogP contribution in [0.25, 0.3) is 0 Å². The standard InChI is InChI=1S/C19H20F2N4O4/c1-18(12-4-6-13(7-5-12)29-16(20)21)15(27)25(17(28)24-18)10-14(26)23-19(11-22)8-2-3-9-19/h4-7,16H,2-3,8-10H2,1H3,(H,23,26)(H,24,28)/t18-/m0/s1. The summed E-state index contributed by atoms with van der Waals surface area (Å²) in [4.78, 5) is 38.4. The normalized spacial score (nSPS) is 23.1. The molecule has 3 rings (SSSR count). The smallest absolute Gasteiger partial charge is 0.387 e. The summed E-state index contributed by atoms with van der Waals surface area (Å²) < 4.78 is 28.8. The molecule has 1 aliphatic carbocycles. The van der Waals surface area contributed by atoms with Crippen LogP contribution >= 0.6 is 0 Å². The number of nitrogens with zero attached hydrogens (tertiary/aromatic N) is 2. The zero-order valence-corrected chi connectivity index (χ0v) is 15.7. The molecule has 0 spiro atoms. The van der Waals surface area contributed by atoms with Gasteiger partial charge >= 0.3 is 12.6 Å². The monoisotopic (exact) mass is 406 g/mol. The maximum Gasteiger partial charge on any atom is 0.387 e. The van der Waals surface area contributed by atoms with Crippen molar-refractivity contribution >= 4 is 17.8 Å². The molecule has 1 aromatic carbocycles. The number of hydrogen-bond acceptors (Lipinski definition) is 5. The van der Waals surface area contributed by atoms with Gasteiger partial charge in [0.25, 0.3) is 5.91 Å². The summed E-state index contributed by atoms with van der Waals surface area (Å²) >= 11 is 0. The lowest BCUT2D eigenvalue weighted by Gasteiger charge is -2.24. The molecule has 2 aliphatic rings. The molecule has 0 radical (unpaired) electrons. The third-order valence-electron chi connectivity index (χ3n) is 5.28. The molecule has 1 atom stereocenters. The van der Waals surface area contributed by atoms with Crippen LogP contribution in [0, 0.1) is 11.3 Å². The van der Waals surface area contributed by atoms with Crippen LogP contribution in [-0.4, -0.2) is 41.4 Å². The first kappa shape index (κ1) is 20.5. The maximum atomic E-state index is 12.9. The number of ether oxygens (including phenoxy) is 1. The minimum Gasteiger partial charge on any atom is -0.435 e. The average molecular weight is 406 g/mol. The Bertz CT molecular complexity index is 862. The van der Waals surface area contributed by atoms with E-state index in [-0.39, 0.29) is 5.75 Å². The molecule has 0 bridgehead atoms. The highest BCUT2D eigenvalue weighted by molar-refractivity contribution is 6.09. The molecular formula is C19H20F2N4O4. The second-order valence-corrected chi connectivity index (χ2v) is 7.30. The Morgan fingerprint density at radius 2 is 1.93 bits per heavy atom. The van der Waals surface area contributed by atoms with Crippen LogP contribution in [0.3, 0.4) is 0 Å². The molecule has 0 aromatic heterocycles. The molecule has 1 saturated heterocycles. The van der Waals surface area contributed by atoms with Gasteiger partial charge in [0.05, 0.1) is 6.07 Å². The van der Waals surface area contributed by atoms with Crippen molar-refractivity contribution < 1.29 is 27.9 Å². The highest BCUT2D eigenvalue weighted by Gasteiger charge is 2.50. The summed E-state index contributed by atoms with van der Waals surface area (Å²) in [5.74, 6) is -1.33. The van der Waals surface area contributed by atoms with Crippen LogP contribution in [0.5, 0.6) is 5.75 Å². The maximum absolute atomic E-state index is 12.9. The minimum absolute atomic E-state index is 0.0845. The fourth-order valence-electron chi connectivity index (χ4n) is 3.70. The zero-order chi connectivity index (χ0) is 21.2. The van der Waals surface area contributed by atoms with E-state index >= 15 is 0 Å². The van der Waals surface area contributed by atoms with Crippen molar-refractivity contribution in [1.29, 1.82) is 5.26 Å². The number of urea groups is 1. The van der Waals surface area contributed by atoms with Gasteiger partial charge in [-0.25, -0.2) is 4.79 Å². The molecule has 4 amide bonds. The molecule has 1 heterocycles. The Hall–Kier alpha value is -3.22. The molecule has 2 N–H and O–H groups in total. The van der Waals surface area contributed by atoms with Gasteiger partial charge < -0.3 is 15.4 Å². The fourth-order valence-corrected chi connectivity index (χ4v) is 3.70. The van der Waals surface area contributed by atoms with Crippen LogP contribution in [0.2, 0.25) is 0 Å². The van der Waals surface area contributed by atoms with Crippen LogP contribution in [0.4, 0.5) is 13.6 Å². The number of nitriles is 1. The van der Waals surface area contributed by atoms with E-state index in [9.17, 15) is 28.4 Å². The Kier molecular flexibility index (Phi) is 5.42. The van der Waals surface area contributed by atoms with E-state index in [1.807, 2.05) is 0 Å². The summed E-state index contributed by atoms with van der Waals surface area (Å²) in [6.07, 6.45) is 2.70. The second-order valence-electron chi connectivity index (χ2n) is 7.30. The number of carbonyl (C=O) groups excluding carboxylic acids is 3. The van der Waals surface area contributed by atoms with E-state index in [4.69, 9.17) is 0 Å². The van der Waals surface area contributed by atoms with Crippen LogP contribution < -0.4 is 15.4 Å². The van der Waals surface area contributed by atoms with Crippen molar-refractivity contribution in [3.05, 3.63) is 29.8 Å². The van der Waals surface area contributed by atoms with Gasteiger partial charge in [-0.15, -0.1) is 0 Å². The van der Waals surface area contributed by atoms with Gasteiger partial charge in [0, 0.05) is 0 Å². The molecule has 154 valence electrons. The summed E-state index contributed by atoms with van der Waals surface area (Å²) in [6.45, 7) is -2.03. The molecule has 1 saturated carbocycles. The number of benzene rings is 1. The Morgan fingerprint density at radius 1 is 1.31 bits per heavy atom. The van der Waals surface area contributed by atoms with Gasteiger partial charge in [-0.2, -0.15) is 14.0 Å². The van der Waals surface area contributed by atoms with Crippen molar-refractivity contribution in [3.8, 4) is 11.8 Å². The Balaban J connectivity index is 1.71. The van der Waals surface area contributed by atoms with Gasteiger partial charge in [-0.3, -0.25) is 14.5 Å². The van der Waals surface area contributed by atoms with Crippen molar-refractivity contribution in [2.24, 2.45) is 0 Å². The number of nitrogens with one attached hydrogen (secondary N) is 2. The molecule has 1 aliphatic heterocycles. The van der Waals surface area contributed by atoms with E-state index in [1.165, 1.54) is 31.2 Å². The molecule has 0 unspecified atom stereocenters. The highest BCUT2D eigenvalue weighted by Crippen LogP contribution is 2.31. The number of rotatable bonds is 6. The molecule has 10 heteroatoms. The van der Waals surface area contributed by atoms with Gasteiger partial charge in [0.2, 0.25) is 5.91 Å². The molecule has 29 heavy (non-hydrogen) atoms. The van der Waals surface area contributed by atoms with Crippen LogP contribution in [-0.2, 0) is 15.1 Å². The van der Waals surface area contributed by atoms with E-state index in [2.05, 4.69) is 21.4 Å². The zero-order valence-electron chi connectivity index (χ0n) is 15.7. The second kappa shape index (κ2) is 7.66. The lowest BCUT2D eigenvalue weighted by molar-refractivity contribution is -0.135. The van der Waals surface area contributed by atoms with Crippen LogP contribution in [0.15, 0.2) is 24.3 Å². The van der Waals surface area contributed by atoms with Crippen molar-refractivity contribution in [3.63, 3.8) is 0 Å². The SMILES string of the molecule is C[C@@]1(c2ccc(OC(F)F)cc2)NC(=O)N(CC(=O)NC2(C#N)CCCC2)C1=O. The van der Waals surface area contributed by atoms with E-state index in [0.717, 1.165) is 17.7 Å². The predicted octanol–water partition coefficient (Wildman–Crippen LogP) is 2.01. The topological polar surface area (TPSA) is 112 Å². The molecule has 1 aromatic rings. The lowest BCUT2D eigenvalue weighted by atomic mass is 9.92. The van der Waals surface area contributed by atoms with Crippen molar-refractivity contribution in [1.82, 2.24) is 15.5 Å². The van der Waals surface area contributed by atoms with E-state index in [1.54, 1.807) is 0 Å². The lowest BCUT2D eigenvalue weighted by Crippen LogP contribution is -2.50. The van der Waals surface area contributed by atoms with Crippen molar-refractivity contribution in [2.45, 2.75) is 50.3 Å². The Morgan fingerprint density at radius 3 is 2.48 bits per heavy atom. The van der Waals surface area contributed by atoms with Gasteiger partial charge in [0.15, 0.2) is 0 Å². The van der Waals surface area contributed by atoms with Crippen LogP contribution in [0.1, 0.15) is 38.2 Å². The number of carbonyl (C=O) groups is 3. The van der Waals surface area contributed by atoms with E-state index < -0.39 is 42.1 Å². The largest absolute Gasteiger partial charge is 0.435 e. The summed E-state index contributed by atoms with van der Waals surface area (Å²) in [5.41, 5.74) is -2.06. The molecule has 8 nitrogen and oxygen atoms in total. The number of alkyl halides is 2. The number of hydrogen-bond donors (Lipinski definition) is 2. The van der Waals surface area contributed by atoms with Gasteiger partial charge in [0.1, 0.15) is 23.4 Å². The van der Waals surface area contributed by atoms with Crippen molar-refractivity contribution in [2.75, 3.05) is 6.54 Å². The van der Waals surface area contributed by atoms with Gasteiger partial charge in [-0.1, -0.05) is 12.1 Å². The fraction of sp³-hybridized carbons (Fsp3) is 0.474. The third-order valence-corrected chi connectivity index (χ3v) is 5.28. The van der Waals surface area contributed by atoms with E-state index in [0.29, 0.717) is 18.4 Å². The number of imide groups is 1. The predicted molar refractivity (Wildman–Crippen MR) is 95.6 cm³/mol. The first-order chi connectivity index (χ1) is 13.7.